The molecule has 0 radical (unpaired) electrons. The zero-order chi connectivity index (χ0) is 15.5. The van der Waals surface area contributed by atoms with E-state index in [1.807, 2.05) is 11.6 Å². The first-order valence-electron chi connectivity index (χ1n) is 6.34. The lowest BCUT2D eigenvalue weighted by atomic mass is 10.3. The molecule has 1 amide bonds. The molecule has 0 spiro atoms. The van der Waals surface area contributed by atoms with E-state index in [1.54, 1.807) is 34.7 Å². The summed E-state index contributed by atoms with van der Waals surface area (Å²) in [5.41, 5.74) is 0.479. The third-order valence-electron chi connectivity index (χ3n) is 2.88. The minimum Gasteiger partial charge on any atom is -0.346 e. The Balaban J connectivity index is 1.72. The predicted octanol–water partition coefficient (Wildman–Crippen LogP) is 2.01. The Labute approximate surface area is 138 Å². The quantitative estimate of drug-likeness (QED) is 0.760. The summed E-state index contributed by atoms with van der Waals surface area (Å²) in [4.78, 5) is 33.4. The van der Waals surface area contributed by atoms with E-state index >= 15 is 0 Å². The van der Waals surface area contributed by atoms with E-state index in [-0.39, 0.29) is 11.1 Å². The second kappa shape index (κ2) is 6.59. The van der Waals surface area contributed by atoms with E-state index in [0.717, 1.165) is 16.5 Å². The van der Waals surface area contributed by atoms with Crippen molar-refractivity contribution < 1.29 is 4.79 Å². The van der Waals surface area contributed by atoms with Crippen molar-refractivity contribution in [2.45, 2.75) is 12.3 Å². The number of nitrogens with zero attached hydrogens (tertiary/aromatic N) is 3. The van der Waals surface area contributed by atoms with Gasteiger partial charge in [-0.15, -0.1) is 22.7 Å². The standard InChI is InChI=1S/C13H12N4O2S3/c1-20-7-10-16-8(6-22-10)4-14-11(18)9-5-15-13-17(12(9)19)2-3-21-13/h2-3,5-6H,4,7H2,1H3,(H,14,18). The van der Waals surface area contributed by atoms with Gasteiger partial charge in [0.05, 0.1) is 12.2 Å². The highest BCUT2D eigenvalue weighted by Crippen LogP contribution is 2.15. The van der Waals surface area contributed by atoms with Gasteiger partial charge in [-0.05, 0) is 6.26 Å². The van der Waals surface area contributed by atoms with E-state index in [4.69, 9.17) is 0 Å². The molecule has 6 nitrogen and oxygen atoms in total. The lowest BCUT2D eigenvalue weighted by Crippen LogP contribution is -2.30. The molecule has 0 saturated carbocycles. The van der Waals surface area contributed by atoms with E-state index in [2.05, 4.69) is 15.3 Å². The van der Waals surface area contributed by atoms with Crippen LogP contribution in [0.5, 0.6) is 0 Å². The van der Waals surface area contributed by atoms with Gasteiger partial charge in [0, 0.05) is 28.9 Å². The number of amides is 1. The highest BCUT2D eigenvalue weighted by molar-refractivity contribution is 7.97. The van der Waals surface area contributed by atoms with Crippen molar-refractivity contribution in [3.63, 3.8) is 0 Å². The minimum atomic E-state index is -0.433. The van der Waals surface area contributed by atoms with Crippen LogP contribution in [0.3, 0.4) is 0 Å². The van der Waals surface area contributed by atoms with E-state index < -0.39 is 5.91 Å². The van der Waals surface area contributed by atoms with Crippen molar-refractivity contribution in [3.05, 3.63) is 49.8 Å². The van der Waals surface area contributed by atoms with Gasteiger partial charge in [0.1, 0.15) is 10.6 Å². The smallest absolute Gasteiger partial charge is 0.271 e. The van der Waals surface area contributed by atoms with E-state index in [1.165, 1.54) is 21.9 Å². The zero-order valence-corrected chi connectivity index (χ0v) is 14.1. The Hall–Kier alpha value is -1.71. The van der Waals surface area contributed by atoms with Crippen LogP contribution in [0.15, 0.2) is 27.9 Å². The third-order valence-corrected chi connectivity index (χ3v) is 5.30. The second-order valence-corrected chi connectivity index (χ2v) is 7.06. The van der Waals surface area contributed by atoms with Crippen LogP contribution in [0.4, 0.5) is 0 Å². The van der Waals surface area contributed by atoms with Crippen molar-refractivity contribution in [3.8, 4) is 0 Å². The van der Waals surface area contributed by atoms with Crippen LogP contribution in [0, 0.1) is 0 Å². The molecule has 0 fully saturated rings. The fraction of sp³-hybridized carbons (Fsp3) is 0.231. The summed E-state index contributed by atoms with van der Waals surface area (Å²) in [6.45, 7) is 0.301. The number of fused-ring (bicyclic) bond motifs is 1. The number of carbonyl (C=O) groups is 1. The van der Waals surface area contributed by atoms with Crippen molar-refractivity contribution in [1.29, 1.82) is 0 Å². The number of hydrogen-bond acceptors (Lipinski definition) is 7. The zero-order valence-electron chi connectivity index (χ0n) is 11.6. The molecule has 3 heterocycles. The summed E-state index contributed by atoms with van der Waals surface area (Å²) in [7, 11) is 0. The van der Waals surface area contributed by atoms with Gasteiger partial charge in [-0.2, -0.15) is 11.8 Å². The fourth-order valence-electron chi connectivity index (χ4n) is 1.87. The first kappa shape index (κ1) is 15.2. The molecule has 114 valence electrons. The Morgan fingerprint density at radius 3 is 3.14 bits per heavy atom. The lowest BCUT2D eigenvalue weighted by Gasteiger charge is -2.03. The van der Waals surface area contributed by atoms with Crippen molar-refractivity contribution in [2.75, 3.05) is 6.26 Å². The Kier molecular flexibility index (Phi) is 4.55. The maximum absolute atomic E-state index is 12.2. The van der Waals surface area contributed by atoms with Crippen LogP contribution in [0.25, 0.3) is 4.96 Å². The number of thioether (sulfide) groups is 1. The molecule has 3 aromatic rings. The summed E-state index contributed by atoms with van der Waals surface area (Å²) < 4.78 is 1.37. The topological polar surface area (TPSA) is 76.4 Å². The van der Waals surface area contributed by atoms with Gasteiger partial charge in [0.25, 0.3) is 11.5 Å². The van der Waals surface area contributed by atoms with Crippen LogP contribution in [0.1, 0.15) is 21.1 Å². The van der Waals surface area contributed by atoms with Crippen LogP contribution in [-0.4, -0.2) is 26.5 Å². The van der Waals surface area contributed by atoms with E-state index in [9.17, 15) is 9.59 Å². The highest BCUT2D eigenvalue weighted by atomic mass is 32.2. The number of carbonyl (C=O) groups excluding carboxylic acids is 1. The highest BCUT2D eigenvalue weighted by Gasteiger charge is 2.14. The van der Waals surface area contributed by atoms with Gasteiger partial charge in [-0.3, -0.25) is 14.0 Å². The number of rotatable bonds is 5. The molecule has 0 aromatic carbocycles. The summed E-state index contributed by atoms with van der Waals surface area (Å²) >= 11 is 4.62. The van der Waals surface area contributed by atoms with Crippen LogP contribution >= 0.6 is 34.4 Å². The van der Waals surface area contributed by atoms with Crippen molar-refractivity contribution in [1.82, 2.24) is 19.7 Å². The minimum absolute atomic E-state index is 0.0375. The maximum atomic E-state index is 12.2. The molecular formula is C13H12N4O2S3. The molecule has 1 N–H and O–H groups in total. The fourth-order valence-corrected chi connectivity index (χ4v) is 4.06. The summed E-state index contributed by atoms with van der Waals surface area (Å²) in [6, 6.07) is 0. The van der Waals surface area contributed by atoms with Gasteiger partial charge in [0.2, 0.25) is 0 Å². The predicted molar refractivity (Wildman–Crippen MR) is 89.8 cm³/mol. The molecule has 3 aromatic heterocycles. The SMILES string of the molecule is CSCc1nc(CNC(=O)c2cnc3sccn3c2=O)cs1. The maximum Gasteiger partial charge on any atom is 0.271 e. The molecule has 0 aliphatic carbocycles. The van der Waals surface area contributed by atoms with Gasteiger partial charge in [-0.1, -0.05) is 0 Å². The van der Waals surface area contributed by atoms with Crippen LogP contribution in [-0.2, 0) is 12.3 Å². The Morgan fingerprint density at radius 2 is 2.32 bits per heavy atom. The van der Waals surface area contributed by atoms with Gasteiger partial charge >= 0.3 is 0 Å². The number of aromatic nitrogens is 3. The first-order valence-corrected chi connectivity index (χ1v) is 9.49. The second-order valence-electron chi connectivity index (χ2n) is 4.38. The molecule has 0 atom stereocenters. The molecule has 9 heteroatoms. The molecule has 3 rings (SSSR count). The van der Waals surface area contributed by atoms with Crippen molar-refractivity contribution >= 4 is 45.3 Å². The lowest BCUT2D eigenvalue weighted by molar-refractivity contribution is 0.0948. The average Bonchev–Trinajstić information content (AvgIpc) is 3.15. The monoisotopic (exact) mass is 352 g/mol. The Morgan fingerprint density at radius 1 is 1.45 bits per heavy atom. The first-order chi connectivity index (χ1) is 10.7. The molecule has 0 aliphatic heterocycles. The van der Waals surface area contributed by atoms with Crippen molar-refractivity contribution in [2.24, 2.45) is 0 Å². The molecule has 0 unspecified atom stereocenters. The molecule has 22 heavy (non-hydrogen) atoms. The molecule has 0 saturated heterocycles. The molecular weight excluding hydrogens is 340 g/mol. The largest absolute Gasteiger partial charge is 0.346 e. The summed E-state index contributed by atoms with van der Waals surface area (Å²) in [5.74, 6) is 0.427. The summed E-state index contributed by atoms with van der Waals surface area (Å²) in [6.07, 6.45) is 4.95. The number of hydrogen-bond donors (Lipinski definition) is 1. The summed E-state index contributed by atoms with van der Waals surface area (Å²) in [5, 5.41) is 7.42. The van der Waals surface area contributed by atoms with Crippen LogP contribution in [0.2, 0.25) is 0 Å². The van der Waals surface area contributed by atoms with Gasteiger partial charge in [-0.25, -0.2) is 9.97 Å². The van der Waals surface area contributed by atoms with Gasteiger partial charge in [0.15, 0.2) is 4.96 Å². The molecule has 0 bridgehead atoms. The number of nitrogens with one attached hydrogen (secondary N) is 1. The van der Waals surface area contributed by atoms with Crippen LogP contribution < -0.4 is 10.9 Å². The van der Waals surface area contributed by atoms with E-state index in [0.29, 0.717) is 11.5 Å². The third kappa shape index (κ3) is 3.06. The van der Waals surface area contributed by atoms with Gasteiger partial charge < -0.3 is 5.32 Å². The number of thiazole rings is 2. The normalized spacial score (nSPS) is 11.0. The average molecular weight is 352 g/mol. The molecule has 0 aliphatic rings. The Bertz CT molecular complexity index is 867.